The molecule has 1 fully saturated rings. The number of fused-ring (bicyclic) bond motifs is 1. The minimum absolute atomic E-state index is 0.00774. The molecule has 0 unspecified atom stereocenters. The summed E-state index contributed by atoms with van der Waals surface area (Å²) in [6.07, 6.45) is 2.23. The van der Waals surface area contributed by atoms with Gasteiger partial charge in [0.2, 0.25) is 11.8 Å². The smallest absolute Gasteiger partial charge is 0.230 e. The van der Waals surface area contributed by atoms with Crippen LogP contribution in [-0.4, -0.2) is 32.5 Å². The maximum absolute atomic E-state index is 13.2. The highest BCUT2D eigenvalue weighted by Gasteiger charge is 2.39. The molecule has 0 aromatic heterocycles. The molecule has 2 aromatic carbocycles. The van der Waals surface area contributed by atoms with Gasteiger partial charge in [-0.1, -0.05) is 45.8 Å². The van der Waals surface area contributed by atoms with Crippen molar-refractivity contribution in [3.05, 3.63) is 57.6 Å². The van der Waals surface area contributed by atoms with Gasteiger partial charge in [-0.05, 0) is 49.4 Å². The number of nitrogens with one attached hydrogen (secondary N) is 1. The Hall–Kier alpha value is -2.19. The minimum Gasteiger partial charge on any atom is -0.352 e. The Bertz CT molecular complexity index is 1130. The predicted octanol–water partition coefficient (Wildman–Crippen LogP) is 3.54. The third-order valence-corrected chi connectivity index (χ3v) is 7.91. The molecule has 4 rings (SSSR count). The van der Waals surface area contributed by atoms with Crippen LogP contribution in [0.4, 0.5) is 5.69 Å². The molecule has 2 amide bonds. The largest absolute Gasteiger partial charge is 0.352 e. The van der Waals surface area contributed by atoms with Crippen LogP contribution < -0.4 is 10.2 Å². The number of sulfone groups is 1. The molecule has 1 aliphatic heterocycles. The molecule has 2 aromatic rings. The third kappa shape index (κ3) is 5.01. The minimum atomic E-state index is -3.75. The van der Waals surface area contributed by atoms with Crippen LogP contribution in [0.2, 0.25) is 0 Å². The number of rotatable bonds is 7. The Morgan fingerprint density at radius 2 is 1.87 bits per heavy atom. The van der Waals surface area contributed by atoms with Crippen LogP contribution in [0.15, 0.2) is 45.8 Å². The number of benzene rings is 2. The molecular weight excluding hydrogens is 480 g/mol. The van der Waals surface area contributed by atoms with E-state index >= 15 is 0 Å². The second-order valence-corrected chi connectivity index (χ2v) is 11.3. The Kier molecular flexibility index (Phi) is 6.21. The zero-order chi connectivity index (χ0) is 22.2. The van der Waals surface area contributed by atoms with Gasteiger partial charge in [0.05, 0.1) is 16.3 Å². The highest BCUT2D eigenvalue weighted by Crippen LogP contribution is 2.41. The van der Waals surface area contributed by atoms with Crippen LogP contribution in [-0.2, 0) is 32.4 Å². The summed E-state index contributed by atoms with van der Waals surface area (Å²) < 4.78 is 27.0. The lowest BCUT2D eigenvalue weighted by molar-refractivity contribution is -0.121. The summed E-state index contributed by atoms with van der Waals surface area (Å²) in [4.78, 5) is 26.7. The normalized spacial score (nSPS) is 15.6. The molecule has 0 bridgehead atoms. The topological polar surface area (TPSA) is 83.6 Å². The third-order valence-electron chi connectivity index (χ3n) is 5.73. The zero-order valence-corrected chi connectivity index (χ0v) is 19.8. The van der Waals surface area contributed by atoms with E-state index < -0.39 is 9.84 Å². The number of nitrogens with zero attached hydrogens (tertiary/aromatic N) is 1. The molecule has 1 heterocycles. The van der Waals surface area contributed by atoms with Crippen molar-refractivity contribution >= 4 is 43.3 Å². The fraction of sp³-hybridized carbons (Fsp3) is 0.391. The van der Waals surface area contributed by atoms with E-state index in [1.54, 1.807) is 11.0 Å². The lowest BCUT2D eigenvalue weighted by atomic mass is 10.1. The van der Waals surface area contributed by atoms with Crippen molar-refractivity contribution in [2.24, 2.45) is 5.92 Å². The molecular formula is C23H25BrN2O4S. The van der Waals surface area contributed by atoms with Crippen LogP contribution in [0.1, 0.15) is 36.0 Å². The number of anilines is 1. The fourth-order valence-corrected chi connectivity index (χ4v) is 5.98. The second kappa shape index (κ2) is 8.74. The molecule has 0 radical (unpaired) electrons. The van der Waals surface area contributed by atoms with Gasteiger partial charge in [-0.15, -0.1) is 0 Å². The van der Waals surface area contributed by atoms with Crippen LogP contribution in [0, 0.1) is 12.8 Å². The average Bonchev–Trinajstić information content (AvgIpc) is 3.50. The van der Waals surface area contributed by atoms with E-state index in [1.807, 2.05) is 37.3 Å². The lowest BCUT2D eigenvalue weighted by Gasteiger charge is -2.20. The molecule has 1 aliphatic carbocycles. The van der Waals surface area contributed by atoms with E-state index in [0.29, 0.717) is 29.7 Å². The number of carbonyl (C=O) groups is 2. The van der Waals surface area contributed by atoms with E-state index in [0.717, 1.165) is 29.5 Å². The molecule has 0 spiro atoms. The van der Waals surface area contributed by atoms with E-state index in [4.69, 9.17) is 0 Å². The number of halogens is 1. The van der Waals surface area contributed by atoms with Crippen molar-refractivity contribution in [3.63, 3.8) is 0 Å². The van der Waals surface area contributed by atoms with Crippen molar-refractivity contribution in [1.82, 2.24) is 5.32 Å². The summed E-state index contributed by atoms with van der Waals surface area (Å²) >= 11 is 3.40. The molecule has 1 N–H and O–H groups in total. The van der Waals surface area contributed by atoms with Gasteiger partial charge < -0.3 is 10.2 Å². The van der Waals surface area contributed by atoms with Crippen molar-refractivity contribution < 1.29 is 18.0 Å². The quantitative estimate of drug-likeness (QED) is 0.624. The molecule has 2 aliphatic rings. The van der Waals surface area contributed by atoms with Crippen LogP contribution in [0.5, 0.6) is 0 Å². The average molecular weight is 505 g/mol. The standard InChI is InChI=1S/C23H25BrN2O4S/c1-15-2-4-16(5-3-15)14-25-21(27)9-11-31(29,30)20-13-19(24)12-18-8-10-26(22(18)20)23(28)17-6-7-17/h2-5,12-13,17H,6-11,14H2,1H3,(H,25,27). The highest BCUT2D eigenvalue weighted by atomic mass is 79.9. The van der Waals surface area contributed by atoms with E-state index in [1.165, 1.54) is 0 Å². The molecule has 6 nitrogen and oxygen atoms in total. The fourth-order valence-electron chi connectivity index (χ4n) is 3.81. The first-order valence-corrected chi connectivity index (χ1v) is 12.9. The highest BCUT2D eigenvalue weighted by molar-refractivity contribution is 9.10. The molecule has 8 heteroatoms. The monoisotopic (exact) mass is 504 g/mol. The maximum Gasteiger partial charge on any atom is 0.230 e. The second-order valence-electron chi connectivity index (χ2n) is 8.26. The van der Waals surface area contributed by atoms with E-state index in [-0.39, 0.29) is 34.8 Å². The number of hydrogen-bond donors (Lipinski definition) is 1. The lowest BCUT2D eigenvalue weighted by Crippen LogP contribution is -2.31. The molecule has 0 saturated heterocycles. The first-order chi connectivity index (χ1) is 14.7. The number of amides is 2. The van der Waals surface area contributed by atoms with Crippen molar-refractivity contribution in [2.75, 3.05) is 17.2 Å². The van der Waals surface area contributed by atoms with Gasteiger partial charge in [0.15, 0.2) is 9.84 Å². The van der Waals surface area contributed by atoms with Crippen LogP contribution in [0.3, 0.4) is 0 Å². The van der Waals surface area contributed by atoms with E-state index in [9.17, 15) is 18.0 Å². The van der Waals surface area contributed by atoms with Gasteiger partial charge in [-0.3, -0.25) is 9.59 Å². The first kappa shape index (κ1) is 22.0. The van der Waals surface area contributed by atoms with Gasteiger partial charge in [0.25, 0.3) is 0 Å². The van der Waals surface area contributed by atoms with Gasteiger partial charge >= 0.3 is 0 Å². The van der Waals surface area contributed by atoms with Gasteiger partial charge in [-0.2, -0.15) is 0 Å². The predicted molar refractivity (Wildman–Crippen MR) is 123 cm³/mol. The number of hydrogen-bond acceptors (Lipinski definition) is 4. The molecule has 31 heavy (non-hydrogen) atoms. The Morgan fingerprint density at radius 1 is 1.16 bits per heavy atom. The van der Waals surface area contributed by atoms with Crippen molar-refractivity contribution in [1.29, 1.82) is 0 Å². The van der Waals surface area contributed by atoms with Crippen LogP contribution in [0.25, 0.3) is 0 Å². The van der Waals surface area contributed by atoms with Gasteiger partial charge in [0.1, 0.15) is 0 Å². The summed E-state index contributed by atoms with van der Waals surface area (Å²) in [5, 5.41) is 2.78. The number of aryl methyl sites for hydroxylation is 1. The number of carbonyl (C=O) groups excluding carboxylic acids is 2. The van der Waals surface area contributed by atoms with Crippen LogP contribution >= 0.6 is 15.9 Å². The van der Waals surface area contributed by atoms with E-state index in [2.05, 4.69) is 21.2 Å². The molecule has 164 valence electrons. The Labute approximate surface area is 191 Å². The summed E-state index contributed by atoms with van der Waals surface area (Å²) in [6, 6.07) is 11.2. The molecule has 0 atom stereocenters. The summed E-state index contributed by atoms with van der Waals surface area (Å²) in [6.45, 7) is 2.85. The van der Waals surface area contributed by atoms with Crippen molar-refractivity contribution in [3.8, 4) is 0 Å². The van der Waals surface area contributed by atoms with Gasteiger partial charge in [-0.25, -0.2) is 8.42 Å². The zero-order valence-electron chi connectivity index (χ0n) is 17.4. The van der Waals surface area contributed by atoms with Gasteiger partial charge in [0, 0.05) is 29.9 Å². The SMILES string of the molecule is Cc1ccc(CNC(=O)CCS(=O)(=O)c2cc(Br)cc3c2N(C(=O)C2CC2)CC3)cc1. The first-order valence-electron chi connectivity index (χ1n) is 10.4. The summed E-state index contributed by atoms with van der Waals surface area (Å²) in [5.41, 5.74) is 3.45. The maximum atomic E-state index is 13.2. The summed E-state index contributed by atoms with van der Waals surface area (Å²) in [7, 11) is -3.75. The van der Waals surface area contributed by atoms with Crippen molar-refractivity contribution in [2.45, 2.75) is 44.0 Å². The molecule has 1 saturated carbocycles. The summed E-state index contributed by atoms with van der Waals surface area (Å²) in [5.74, 6) is -0.603. The Morgan fingerprint density at radius 3 is 2.55 bits per heavy atom. The Balaban J connectivity index is 1.46.